The third-order valence-electron chi connectivity index (χ3n) is 2.98. The second-order valence-corrected chi connectivity index (χ2v) is 5.23. The minimum atomic E-state index is -0.155. The zero-order chi connectivity index (χ0) is 14.3. The molecular formula is C13H25N3O3. The number of amides is 2. The summed E-state index contributed by atoms with van der Waals surface area (Å²) >= 11 is 0. The van der Waals surface area contributed by atoms with E-state index in [0.29, 0.717) is 0 Å². The standard InChI is InChI=1S/C13H25N3O3/c1-10(2)15-12(17)8-16(3)13(18)9-19-11-4-6-14-7-5-11/h10-11,14H,4-9H2,1-3H3,(H,15,17). The van der Waals surface area contributed by atoms with E-state index in [1.165, 1.54) is 4.90 Å². The van der Waals surface area contributed by atoms with Crippen molar-refractivity contribution in [2.24, 2.45) is 0 Å². The molecule has 0 aromatic carbocycles. The zero-order valence-electron chi connectivity index (χ0n) is 12.1. The summed E-state index contributed by atoms with van der Waals surface area (Å²) in [5.74, 6) is -0.301. The number of hydrogen-bond donors (Lipinski definition) is 2. The Bertz CT molecular complexity index is 302. The third kappa shape index (κ3) is 6.54. The summed E-state index contributed by atoms with van der Waals surface area (Å²) in [4.78, 5) is 24.7. The summed E-state index contributed by atoms with van der Waals surface area (Å²) in [5, 5.41) is 5.99. The molecule has 19 heavy (non-hydrogen) atoms. The van der Waals surface area contributed by atoms with Crippen LogP contribution in [0.3, 0.4) is 0 Å². The van der Waals surface area contributed by atoms with Gasteiger partial charge < -0.3 is 20.3 Å². The molecular weight excluding hydrogens is 246 g/mol. The van der Waals surface area contributed by atoms with Crippen molar-refractivity contribution in [2.75, 3.05) is 33.3 Å². The molecule has 0 saturated carbocycles. The molecule has 1 heterocycles. The monoisotopic (exact) mass is 271 g/mol. The maximum Gasteiger partial charge on any atom is 0.248 e. The number of nitrogens with zero attached hydrogens (tertiary/aromatic N) is 1. The van der Waals surface area contributed by atoms with Crippen LogP contribution in [0.4, 0.5) is 0 Å². The Hall–Kier alpha value is -1.14. The first-order chi connectivity index (χ1) is 8.99. The summed E-state index contributed by atoms with van der Waals surface area (Å²) in [6.45, 7) is 5.78. The maximum absolute atomic E-state index is 11.8. The van der Waals surface area contributed by atoms with Crippen molar-refractivity contribution in [3.05, 3.63) is 0 Å². The normalized spacial score (nSPS) is 16.4. The molecule has 0 spiro atoms. The summed E-state index contributed by atoms with van der Waals surface area (Å²) < 4.78 is 5.57. The van der Waals surface area contributed by atoms with Gasteiger partial charge in [0.05, 0.1) is 12.6 Å². The number of rotatable bonds is 6. The first-order valence-electron chi connectivity index (χ1n) is 6.84. The van der Waals surface area contributed by atoms with Crippen LogP contribution in [-0.2, 0) is 14.3 Å². The van der Waals surface area contributed by atoms with E-state index < -0.39 is 0 Å². The molecule has 2 amide bonds. The topological polar surface area (TPSA) is 70.7 Å². The molecule has 110 valence electrons. The second kappa shape index (κ2) is 8.12. The molecule has 1 aliphatic heterocycles. The number of carbonyl (C=O) groups excluding carboxylic acids is 2. The van der Waals surface area contributed by atoms with Crippen LogP contribution in [0.25, 0.3) is 0 Å². The van der Waals surface area contributed by atoms with Crippen LogP contribution in [0.5, 0.6) is 0 Å². The highest BCUT2D eigenvalue weighted by atomic mass is 16.5. The van der Waals surface area contributed by atoms with E-state index >= 15 is 0 Å². The molecule has 0 bridgehead atoms. The van der Waals surface area contributed by atoms with E-state index in [1.807, 2.05) is 13.8 Å². The molecule has 6 heteroatoms. The lowest BCUT2D eigenvalue weighted by molar-refractivity contribution is -0.140. The van der Waals surface area contributed by atoms with Crippen molar-refractivity contribution in [3.8, 4) is 0 Å². The fraction of sp³-hybridized carbons (Fsp3) is 0.846. The van der Waals surface area contributed by atoms with E-state index in [4.69, 9.17) is 4.74 Å². The Labute approximate surface area is 114 Å². The lowest BCUT2D eigenvalue weighted by atomic mass is 10.1. The second-order valence-electron chi connectivity index (χ2n) is 5.23. The van der Waals surface area contributed by atoms with Crippen molar-refractivity contribution in [2.45, 2.75) is 38.8 Å². The summed E-state index contributed by atoms with van der Waals surface area (Å²) in [5.41, 5.74) is 0. The van der Waals surface area contributed by atoms with Gasteiger partial charge in [0.1, 0.15) is 6.61 Å². The smallest absolute Gasteiger partial charge is 0.248 e. The van der Waals surface area contributed by atoms with Gasteiger partial charge in [0.25, 0.3) is 0 Å². The molecule has 6 nitrogen and oxygen atoms in total. The van der Waals surface area contributed by atoms with Crippen molar-refractivity contribution < 1.29 is 14.3 Å². The van der Waals surface area contributed by atoms with Gasteiger partial charge >= 0.3 is 0 Å². The summed E-state index contributed by atoms with van der Waals surface area (Å²) in [7, 11) is 1.62. The zero-order valence-corrected chi connectivity index (χ0v) is 12.1. The highest BCUT2D eigenvalue weighted by molar-refractivity contribution is 5.85. The molecule has 2 N–H and O–H groups in total. The highest BCUT2D eigenvalue weighted by Gasteiger charge is 2.18. The predicted molar refractivity (Wildman–Crippen MR) is 72.8 cm³/mol. The molecule has 0 atom stereocenters. The fourth-order valence-electron chi connectivity index (χ4n) is 1.93. The van der Waals surface area contributed by atoms with E-state index in [2.05, 4.69) is 10.6 Å². The van der Waals surface area contributed by atoms with Crippen LogP contribution in [0.2, 0.25) is 0 Å². The van der Waals surface area contributed by atoms with Crippen LogP contribution in [-0.4, -0.2) is 62.1 Å². The minimum Gasteiger partial charge on any atom is -0.368 e. The lowest BCUT2D eigenvalue weighted by Crippen LogP contribution is -2.42. The first kappa shape index (κ1) is 15.9. The Morgan fingerprint density at radius 3 is 2.58 bits per heavy atom. The van der Waals surface area contributed by atoms with Crippen LogP contribution in [0.15, 0.2) is 0 Å². The molecule has 1 aliphatic rings. The van der Waals surface area contributed by atoms with E-state index in [9.17, 15) is 9.59 Å². The number of ether oxygens (including phenoxy) is 1. The van der Waals surface area contributed by atoms with E-state index in [1.54, 1.807) is 7.05 Å². The Balaban J connectivity index is 2.22. The van der Waals surface area contributed by atoms with Crippen molar-refractivity contribution in [1.82, 2.24) is 15.5 Å². The van der Waals surface area contributed by atoms with Gasteiger partial charge in [-0.3, -0.25) is 9.59 Å². The maximum atomic E-state index is 11.8. The van der Waals surface area contributed by atoms with Crippen LogP contribution < -0.4 is 10.6 Å². The molecule has 0 aromatic heterocycles. The van der Waals surface area contributed by atoms with Gasteiger partial charge in [-0.05, 0) is 39.8 Å². The Morgan fingerprint density at radius 1 is 1.37 bits per heavy atom. The van der Waals surface area contributed by atoms with Crippen LogP contribution in [0, 0.1) is 0 Å². The highest BCUT2D eigenvalue weighted by Crippen LogP contribution is 2.07. The first-order valence-corrected chi connectivity index (χ1v) is 6.84. The van der Waals surface area contributed by atoms with Gasteiger partial charge in [0.15, 0.2) is 0 Å². The van der Waals surface area contributed by atoms with Crippen molar-refractivity contribution in [3.63, 3.8) is 0 Å². The molecule has 1 rings (SSSR count). The quantitative estimate of drug-likeness (QED) is 0.698. The SMILES string of the molecule is CC(C)NC(=O)CN(C)C(=O)COC1CCNCC1. The van der Waals surface area contributed by atoms with Crippen LogP contribution in [0.1, 0.15) is 26.7 Å². The summed E-state index contributed by atoms with van der Waals surface area (Å²) in [6.07, 6.45) is 2.03. The average Bonchev–Trinajstić information content (AvgIpc) is 2.36. The number of likely N-dealkylation sites (N-methyl/N-ethyl adjacent to an activating group) is 1. The molecule has 0 aliphatic carbocycles. The van der Waals surface area contributed by atoms with Gasteiger partial charge in [-0.1, -0.05) is 0 Å². The van der Waals surface area contributed by atoms with Gasteiger partial charge in [-0.15, -0.1) is 0 Å². The van der Waals surface area contributed by atoms with E-state index in [-0.39, 0.29) is 37.1 Å². The summed E-state index contributed by atoms with van der Waals surface area (Å²) in [6, 6.07) is 0.0852. The Kier molecular flexibility index (Phi) is 6.80. The number of nitrogens with one attached hydrogen (secondary N) is 2. The largest absolute Gasteiger partial charge is 0.368 e. The minimum absolute atomic E-state index is 0.0517. The van der Waals surface area contributed by atoms with Gasteiger partial charge in [-0.25, -0.2) is 0 Å². The Morgan fingerprint density at radius 2 is 2.00 bits per heavy atom. The molecule has 1 saturated heterocycles. The third-order valence-corrected chi connectivity index (χ3v) is 2.98. The van der Waals surface area contributed by atoms with Gasteiger partial charge in [-0.2, -0.15) is 0 Å². The predicted octanol–water partition coefficient (Wildman–Crippen LogP) is -0.262. The molecule has 0 unspecified atom stereocenters. The van der Waals surface area contributed by atoms with E-state index in [0.717, 1.165) is 25.9 Å². The molecule has 1 fully saturated rings. The van der Waals surface area contributed by atoms with Crippen LogP contribution >= 0.6 is 0 Å². The van der Waals surface area contributed by atoms with Gasteiger partial charge in [0, 0.05) is 13.1 Å². The van der Waals surface area contributed by atoms with Crippen molar-refractivity contribution >= 4 is 11.8 Å². The lowest BCUT2D eigenvalue weighted by Gasteiger charge is -2.24. The van der Waals surface area contributed by atoms with Crippen molar-refractivity contribution in [1.29, 1.82) is 0 Å². The molecule has 0 aromatic rings. The average molecular weight is 271 g/mol. The number of carbonyl (C=O) groups is 2. The molecule has 0 radical (unpaired) electrons. The number of hydrogen-bond acceptors (Lipinski definition) is 4. The number of piperidine rings is 1. The fourth-order valence-corrected chi connectivity index (χ4v) is 1.93. The van der Waals surface area contributed by atoms with Gasteiger partial charge in [0.2, 0.25) is 11.8 Å².